The van der Waals surface area contributed by atoms with Gasteiger partial charge in [-0.05, 0) is 58.3 Å². The third kappa shape index (κ3) is 6.39. The van der Waals surface area contributed by atoms with Crippen LogP contribution in [-0.2, 0) is 4.79 Å². The van der Waals surface area contributed by atoms with Gasteiger partial charge in [0.15, 0.2) is 0 Å². The van der Waals surface area contributed by atoms with E-state index in [1.807, 2.05) is 6.92 Å². The SMILES string of the molecule is CCCCNC(=O)C(C)NCC1CCN(CC)CC1. The van der Waals surface area contributed by atoms with Gasteiger partial charge >= 0.3 is 0 Å². The monoisotopic (exact) mass is 269 g/mol. The molecular formula is C15H31N3O. The molecule has 4 heteroatoms. The van der Waals surface area contributed by atoms with Gasteiger partial charge in [0, 0.05) is 6.54 Å². The van der Waals surface area contributed by atoms with Crippen molar-refractivity contribution in [2.24, 2.45) is 5.92 Å². The normalized spacial score (nSPS) is 19.3. The van der Waals surface area contributed by atoms with Crippen LogP contribution in [-0.4, -0.2) is 49.6 Å². The van der Waals surface area contributed by atoms with Crippen LogP contribution in [0, 0.1) is 5.92 Å². The van der Waals surface area contributed by atoms with Gasteiger partial charge in [0.2, 0.25) is 5.91 Å². The first-order valence-electron chi connectivity index (χ1n) is 7.90. The molecule has 1 heterocycles. The molecule has 0 radical (unpaired) electrons. The Balaban J connectivity index is 2.12. The molecule has 1 aliphatic heterocycles. The zero-order chi connectivity index (χ0) is 14.1. The number of piperidine rings is 1. The van der Waals surface area contributed by atoms with E-state index in [1.165, 1.54) is 25.9 Å². The molecular weight excluding hydrogens is 238 g/mol. The van der Waals surface area contributed by atoms with E-state index in [-0.39, 0.29) is 11.9 Å². The van der Waals surface area contributed by atoms with Crippen molar-refractivity contribution in [1.82, 2.24) is 15.5 Å². The van der Waals surface area contributed by atoms with E-state index < -0.39 is 0 Å². The van der Waals surface area contributed by atoms with Crippen LogP contribution in [0.1, 0.15) is 46.5 Å². The van der Waals surface area contributed by atoms with E-state index in [0.717, 1.165) is 38.4 Å². The largest absolute Gasteiger partial charge is 0.355 e. The number of carbonyl (C=O) groups is 1. The number of hydrogen-bond donors (Lipinski definition) is 2. The lowest BCUT2D eigenvalue weighted by atomic mass is 9.96. The summed E-state index contributed by atoms with van der Waals surface area (Å²) in [7, 11) is 0. The lowest BCUT2D eigenvalue weighted by Gasteiger charge is -2.31. The van der Waals surface area contributed by atoms with Gasteiger partial charge in [-0.3, -0.25) is 4.79 Å². The summed E-state index contributed by atoms with van der Waals surface area (Å²) in [6.07, 6.45) is 4.70. The van der Waals surface area contributed by atoms with Gasteiger partial charge in [-0.2, -0.15) is 0 Å². The van der Waals surface area contributed by atoms with Crippen molar-refractivity contribution >= 4 is 5.91 Å². The highest BCUT2D eigenvalue weighted by Crippen LogP contribution is 2.15. The van der Waals surface area contributed by atoms with Gasteiger partial charge in [-0.25, -0.2) is 0 Å². The highest BCUT2D eigenvalue weighted by Gasteiger charge is 2.19. The molecule has 0 aliphatic carbocycles. The predicted molar refractivity (Wildman–Crippen MR) is 80.2 cm³/mol. The van der Waals surface area contributed by atoms with Crippen LogP contribution in [0.4, 0.5) is 0 Å². The number of unbranched alkanes of at least 4 members (excludes halogenated alkanes) is 1. The number of amides is 1. The first-order chi connectivity index (χ1) is 9.17. The summed E-state index contributed by atoms with van der Waals surface area (Å²) in [5.41, 5.74) is 0. The van der Waals surface area contributed by atoms with Crippen LogP contribution in [0.15, 0.2) is 0 Å². The second kappa shape index (κ2) is 9.32. The van der Waals surface area contributed by atoms with Gasteiger partial charge in [-0.15, -0.1) is 0 Å². The Hall–Kier alpha value is -0.610. The van der Waals surface area contributed by atoms with Crippen LogP contribution >= 0.6 is 0 Å². The molecule has 4 nitrogen and oxygen atoms in total. The lowest BCUT2D eigenvalue weighted by molar-refractivity contribution is -0.122. The van der Waals surface area contributed by atoms with Crippen molar-refractivity contribution in [3.05, 3.63) is 0 Å². The Morgan fingerprint density at radius 1 is 1.32 bits per heavy atom. The molecule has 0 spiro atoms. The lowest BCUT2D eigenvalue weighted by Crippen LogP contribution is -2.45. The van der Waals surface area contributed by atoms with E-state index in [0.29, 0.717) is 0 Å². The molecule has 19 heavy (non-hydrogen) atoms. The standard InChI is InChI=1S/C15H31N3O/c1-4-6-9-16-15(19)13(3)17-12-14-7-10-18(5-2)11-8-14/h13-14,17H,4-12H2,1-3H3,(H,16,19). The molecule has 0 aromatic carbocycles. The van der Waals surface area contributed by atoms with E-state index in [9.17, 15) is 4.79 Å². The van der Waals surface area contributed by atoms with Gasteiger partial charge < -0.3 is 15.5 Å². The zero-order valence-electron chi connectivity index (χ0n) is 12.9. The molecule has 1 fully saturated rings. The van der Waals surface area contributed by atoms with Crippen LogP contribution in [0.2, 0.25) is 0 Å². The summed E-state index contributed by atoms with van der Waals surface area (Å²) in [6.45, 7) is 11.7. The molecule has 0 bridgehead atoms. The topological polar surface area (TPSA) is 44.4 Å². The number of hydrogen-bond acceptors (Lipinski definition) is 3. The summed E-state index contributed by atoms with van der Waals surface area (Å²) < 4.78 is 0. The van der Waals surface area contributed by atoms with Crippen molar-refractivity contribution < 1.29 is 4.79 Å². The Bertz CT molecular complexity index is 250. The molecule has 1 atom stereocenters. The number of carbonyl (C=O) groups excluding carboxylic acids is 1. The van der Waals surface area contributed by atoms with Crippen molar-refractivity contribution in [2.75, 3.05) is 32.7 Å². The minimum absolute atomic E-state index is 0.0685. The second-order valence-electron chi connectivity index (χ2n) is 5.65. The van der Waals surface area contributed by atoms with Gasteiger partial charge in [-0.1, -0.05) is 20.3 Å². The minimum atomic E-state index is -0.0685. The summed E-state index contributed by atoms with van der Waals surface area (Å²) in [6, 6.07) is -0.0685. The average molecular weight is 269 g/mol. The van der Waals surface area contributed by atoms with Crippen LogP contribution in [0.25, 0.3) is 0 Å². The molecule has 1 aliphatic rings. The third-order valence-electron chi connectivity index (χ3n) is 4.09. The van der Waals surface area contributed by atoms with Gasteiger partial charge in [0.1, 0.15) is 0 Å². The maximum absolute atomic E-state index is 11.8. The fourth-order valence-corrected chi connectivity index (χ4v) is 2.48. The Morgan fingerprint density at radius 3 is 2.58 bits per heavy atom. The molecule has 0 saturated carbocycles. The maximum atomic E-state index is 11.8. The van der Waals surface area contributed by atoms with Crippen molar-refractivity contribution in [3.63, 3.8) is 0 Å². The van der Waals surface area contributed by atoms with E-state index in [4.69, 9.17) is 0 Å². The van der Waals surface area contributed by atoms with E-state index in [1.54, 1.807) is 0 Å². The van der Waals surface area contributed by atoms with Crippen LogP contribution < -0.4 is 10.6 Å². The van der Waals surface area contributed by atoms with Crippen LogP contribution in [0.5, 0.6) is 0 Å². The number of nitrogens with zero attached hydrogens (tertiary/aromatic N) is 1. The minimum Gasteiger partial charge on any atom is -0.355 e. The van der Waals surface area contributed by atoms with Gasteiger partial charge in [0.25, 0.3) is 0 Å². The molecule has 1 rings (SSSR count). The van der Waals surface area contributed by atoms with Crippen LogP contribution in [0.3, 0.4) is 0 Å². The highest BCUT2D eigenvalue weighted by atomic mass is 16.2. The Kier molecular flexibility index (Phi) is 8.07. The summed E-state index contributed by atoms with van der Waals surface area (Å²) in [4.78, 5) is 14.3. The second-order valence-corrected chi connectivity index (χ2v) is 5.65. The first-order valence-corrected chi connectivity index (χ1v) is 7.90. The van der Waals surface area contributed by atoms with Gasteiger partial charge in [0.05, 0.1) is 6.04 Å². The molecule has 1 saturated heterocycles. The smallest absolute Gasteiger partial charge is 0.236 e. The average Bonchev–Trinajstić information content (AvgIpc) is 2.45. The Morgan fingerprint density at radius 2 is 2.00 bits per heavy atom. The fraction of sp³-hybridized carbons (Fsp3) is 0.933. The maximum Gasteiger partial charge on any atom is 0.236 e. The van der Waals surface area contributed by atoms with E-state index >= 15 is 0 Å². The third-order valence-corrected chi connectivity index (χ3v) is 4.09. The molecule has 0 aromatic heterocycles. The summed E-state index contributed by atoms with van der Waals surface area (Å²) >= 11 is 0. The number of nitrogens with one attached hydrogen (secondary N) is 2. The van der Waals surface area contributed by atoms with E-state index in [2.05, 4.69) is 29.4 Å². The summed E-state index contributed by atoms with van der Waals surface area (Å²) in [5.74, 6) is 0.869. The number of rotatable bonds is 8. The van der Waals surface area contributed by atoms with Crippen molar-refractivity contribution in [2.45, 2.75) is 52.5 Å². The summed E-state index contributed by atoms with van der Waals surface area (Å²) in [5, 5.41) is 6.36. The zero-order valence-corrected chi connectivity index (χ0v) is 12.9. The first kappa shape index (κ1) is 16.4. The molecule has 1 unspecified atom stereocenters. The van der Waals surface area contributed by atoms with Crippen molar-refractivity contribution in [1.29, 1.82) is 0 Å². The Labute approximate surface area is 118 Å². The highest BCUT2D eigenvalue weighted by molar-refractivity contribution is 5.81. The molecule has 0 aromatic rings. The fourth-order valence-electron chi connectivity index (χ4n) is 2.48. The molecule has 1 amide bonds. The number of likely N-dealkylation sites (tertiary alicyclic amines) is 1. The molecule has 2 N–H and O–H groups in total. The quantitative estimate of drug-likeness (QED) is 0.658. The predicted octanol–water partition coefficient (Wildman–Crippen LogP) is 1.61. The molecule has 112 valence electrons. The van der Waals surface area contributed by atoms with Crippen molar-refractivity contribution in [3.8, 4) is 0 Å².